The fourth-order valence-electron chi connectivity index (χ4n) is 0.616. The number of aromatic carboxylic acids is 1. The number of thioether (sulfide) groups is 1. The van der Waals surface area contributed by atoms with Gasteiger partial charge in [0.05, 0.1) is 11.8 Å². The highest BCUT2D eigenvalue weighted by atomic mass is 32.2. The summed E-state index contributed by atoms with van der Waals surface area (Å²) in [6.45, 7) is 0. The Hall–Kier alpha value is -1.41. The Morgan fingerprint density at radius 1 is 1.75 bits per heavy atom. The zero-order chi connectivity index (χ0) is 8.97. The number of hydrogen-bond donors (Lipinski definition) is 1. The van der Waals surface area contributed by atoms with Crippen molar-refractivity contribution >= 4 is 17.7 Å². The standard InChI is InChI=1S/C7H5NO3S/c8-3-4-12-6-2-1-5(11-6)7(9)10/h1-2H,4H2,(H,9,10). The molecular weight excluding hydrogens is 178 g/mol. The van der Waals surface area contributed by atoms with Crippen molar-refractivity contribution in [1.29, 1.82) is 5.26 Å². The second kappa shape index (κ2) is 3.83. The molecule has 1 aromatic rings. The molecule has 0 radical (unpaired) electrons. The molecule has 0 amide bonds. The minimum atomic E-state index is -1.10. The molecule has 0 aliphatic rings. The van der Waals surface area contributed by atoms with Crippen LogP contribution in [0.5, 0.6) is 0 Å². The first-order chi connectivity index (χ1) is 5.74. The summed E-state index contributed by atoms with van der Waals surface area (Å²) in [5, 5.41) is 17.1. The van der Waals surface area contributed by atoms with Crippen molar-refractivity contribution in [1.82, 2.24) is 0 Å². The zero-order valence-electron chi connectivity index (χ0n) is 5.98. The van der Waals surface area contributed by atoms with Crippen LogP contribution in [0.3, 0.4) is 0 Å². The average Bonchev–Trinajstić information content (AvgIpc) is 2.48. The summed E-state index contributed by atoms with van der Waals surface area (Å²) in [7, 11) is 0. The SMILES string of the molecule is N#CCSc1ccc(C(=O)O)o1. The summed E-state index contributed by atoms with van der Waals surface area (Å²) in [5.41, 5.74) is 0. The van der Waals surface area contributed by atoms with Crippen molar-refractivity contribution in [3.05, 3.63) is 17.9 Å². The van der Waals surface area contributed by atoms with Crippen molar-refractivity contribution in [3.63, 3.8) is 0 Å². The van der Waals surface area contributed by atoms with Crippen LogP contribution in [0.25, 0.3) is 0 Å². The monoisotopic (exact) mass is 183 g/mol. The molecule has 1 aromatic heterocycles. The minimum Gasteiger partial charge on any atom is -0.475 e. The molecule has 0 saturated heterocycles. The number of nitrogens with zero attached hydrogens (tertiary/aromatic N) is 1. The Kier molecular flexibility index (Phi) is 2.77. The largest absolute Gasteiger partial charge is 0.475 e. The van der Waals surface area contributed by atoms with E-state index in [-0.39, 0.29) is 11.5 Å². The van der Waals surface area contributed by atoms with E-state index < -0.39 is 5.97 Å². The van der Waals surface area contributed by atoms with E-state index in [9.17, 15) is 4.79 Å². The van der Waals surface area contributed by atoms with Gasteiger partial charge in [-0.2, -0.15) is 5.26 Å². The van der Waals surface area contributed by atoms with Crippen LogP contribution in [0.2, 0.25) is 0 Å². The molecule has 1 rings (SSSR count). The van der Waals surface area contributed by atoms with Crippen molar-refractivity contribution in [2.45, 2.75) is 5.09 Å². The molecule has 1 N–H and O–H groups in total. The third-order valence-corrected chi connectivity index (χ3v) is 1.85. The van der Waals surface area contributed by atoms with Crippen molar-refractivity contribution in [3.8, 4) is 6.07 Å². The van der Waals surface area contributed by atoms with Crippen LogP contribution in [0, 0.1) is 11.3 Å². The topological polar surface area (TPSA) is 74.2 Å². The molecule has 0 bridgehead atoms. The average molecular weight is 183 g/mol. The molecule has 0 unspecified atom stereocenters. The van der Waals surface area contributed by atoms with E-state index in [2.05, 4.69) is 0 Å². The van der Waals surface area contributed by atoms with E-state index in [0.717, 1.165) is 0 Å². The summed E-state index contributed by atoms with van der Waals surface area (Å²) in [4.78, 5) is 10.3. The normalized spacial score (nSPS) is 9.25. The first-order valence-corrected chi connectivity index (χ1v) is 4.05. The maximum atomic E-state index is 10.3. The first-order valence-electron chi connectivity index (χ1n) is 3.07. The first kappa shape index (κ1) is 8.68. The summed E-state index contributed by atoms with van der Waals surface area (Å²) in [6.07, 6.45) is 0. The smallest absolute Gasteiger partial charge is 0.371 e. The van der Waals surface area contributed by atoms with Gasteiger partial charge >= 0.3 is 5.97 Å². The number of carboxylic acids is 1. The van der Waals surface area contributed by atoms with E-state index in [1.165, 1.54) is 23.9 Å². The second-order valence-corrected chi connectivity index (χ2v) is 2.85. The van der Waals surface area contributed by atoms with Crippen LogP contribution in [0.4, 0.5) is 0 Å². The van der Waals surface area contributed by atoms with E-state index >= 15 is 0 Å². The highest BCUT2D eigenvalue weighted by Gasteiger charge is 2.08. The molecule has 0 atom stereocenters. The lowest BCUT2D eigenvalue weighted by Gasteiger charge is -1.87. The Morgan fingerprint density at radius 2 is 2.50 bits per heavy atom. The highest BCUT2D eigenvalue weighted by molar-refractivity contribution is 7.99. The van der Waals surface area contributed by atoms with E-state index in [1.807, 2.05) is 6.07 Å². The van der Waals surface area contributed by atoms with Crippen LogP contribution >= 0.6 is 11.8 Å². The van der Waals surface area contributed by atoms with Crippen molar-refractivity contribution < 1.29 is 14.3 Å². The van der Waals surface area contributed by atoms with E-state index in [4.69, 9.17) is 14.8 Å². The van der Waals surface area contributed by atoms with Gasteiger partial charge in [0.25, 0.3) is 0 Å². The Bertz CT molecular complexity index is 326. The molecule has 0 aromatic carbocycles. The maximum Gasteiger partial charge on any atom is 0.371 e. The number of rotatable bonds is 3. The third-order valence-electron chi connectivity index (χ3n) is 1.07. The van der Waals surface area contributed by atoms with Crippen LogP contribution in [-0.2, 0) is 0 Å². The van der Waals surface area contributed by atoms with Gasteiger partial charge in [0, 0.05) is 0 Å². The van der Waals surface area contributed by atoms with Crippen LogP contribution < -0.4 is 0 Å². The predicted octanol–water partition coefficient (Wildman–Crippen LogP) is 1.59. The molecule has 0 spiro atoms. The fourth-order valence-corrected chi connectivity index (χ4v) is 1.14. The summed E-state index contributed by atoms with van der Waals surface area (Å²) in [6, 6.07) is 4.81. The number of hydrogen-bond acceptors (Lipinski definition) is 4. The molecule has 4 nitrogen and oxygen atoms in total. The van der Waals surface area contributed by atoms with Crippen LogP contribution in [0.1, 0.15) is 10.6 Å². The zero-order valence-corrected chi connectivity index (χ0v) is 6.80. The van der Waals surface area contributed by atoms with Gasteiger partial charge in [0.1, 0.15) is 0 Å². The van der Waals surface area contributed by atoms with Gasteiger partial charge in [-0.1, -0.05) is 11.8 Å². The lowest BCUT2D eigenvalue weighted by atomic mass is 10.5. The van der Waals surface area contributed by atoms with Gasteiger partial charge in [-0.25, -0.2) is 4.79 Å². The van der Waals surface area contributed by atoms with Crippen molar-refractivity contribution in [2.24, 2.45) is 0 Å². The molecule has 0 fully saturated rings. The fraction of sp³-hybridized carbons (Fsp3) is 0.143. The van der Waals surface area contributed by atoms with Crippen LogP contribution in [-0.4, -0.2) is 16.8 Å². The number of furan rings is 1. The number of nitriles is 1. The van der Waals surface area contributed by atoms with Gasteiger partial charge in [0.15, 0.2) is 5.09 Å². The molecule has 0 aliphatic heterocycles. The van der Waals surface area contributed by atoms with E-state index in [0.29, 0.717) is 5.09 Å². The number of carboxylic acid groups (broad SMARTS) is 1. The predicted molar refractivity (Wildman–Crippen MR) is 42.0 cm³/mol. The van der Waals surface area contributed by atoms with E-state index in [1.54, 1.807) is 0 Å². The molecule has 0 saturated carbocycles. The Labute approximate surface area is 72.8 Å². The summed E-state index contributed by atoms with van der Waals surface area (Å²) in [5.74, 6) is -0.943. The third kappa shape index (κ3) is 2.04. The van der Waals surface area contributed by atoms with Gasteiger partial charge in [-0.15, -0.1) is 0 Å². The highest BCUT2D eigenvalue weighted by Crippen LogP contribution is 2.20. The maximum absolute atomic E-state index is 10.3. The summed E-state index contributed by atoms with van der Waals surface area (Å²) >= 11 is 1.17. The molecule has 12 heavy (non-hydrogen) atoms. The minimum absolute atomic E-state index is 0.101. The van der Waals surface area contributed by atoms with Gasteiger partial charge in [-0.05, 0) is 12.1 Å². The quantitative estimate of drug-likeness (QED) is 0.720. The van der Waals surface area contributed by atoms with Crippen molar-refractivity contribution in [2.75, 3.05) is 5.75 Å². The summed E-state index contributed by atoms with van der Waals surface area (Å²) < 4.78 is 4.86. The van der Waals surface area contributed by atoms with Gasteiger partial charge in [-0.3, -0.25) is 0 Å². The lowest BCUT2D eigenvalue weighted by molar-refractivity contribution is 0.0656. The number of carbonyl (C=O) groups is 1. The Morgan fingerprint density at radius 3 is 3.00 bits per heavy atom. The molecule has 5 heteroatoms. The van der Waals surface area contributed by atoms with Crippen LogP contribution in [0.15, 0.2) is 21.6 Å². The Balaban J connectivity index is 2.66. The molecular formula is C7H5NO3S. The molecule has 1 heterocycles. The molecule has 0 aliphatic carbocycles. The molecule has 62 valence electrons. The van der Waals surface area contributed by atoms with Gasteiger partial charge < -0.3 is 9.52 Å². The lowest BCUT2D eigenvalue weighted by Crippen LogP contribution is -1.91. The van der Waals surface area contributed by atoms with Gasteiger partial charge in [0.2, 0.25) is 5.76 Å². The second-order valence-electron chi connectivity index (χ2n) is 1.87.